The molecule has 0 heterocycles. The number of benzene rings is 3. The van der Waals surface area contributed by atoms with Crippen LogP contribution >= 0.6 is 23.2 Å². The second kappa shape index (κ2) is 14.4. The van der Waals surface area contributed by atoms with Gasteiger partial charge in [-0.15, -0.1) is 0 Å². The van der Waals surface area contributed by atoms with Crippen LogP contribution in [0.5, 0.6) is 5.75 Å². The highest BCUT2D eigenvalue weighted by molar-refractivity contribution is 7.92. The number of ether oxygens (including phenoxy) is 1. The third-order valence-electron chi connectivity index (χ3n) is 6.13. The Kier molecular flexibility index (Phi) is 11.2. The predicted octanol–water partition coefficient (Wildman–Crippen LogP) is 4.93. The van der Waals surface area contributed by atoms with Crippen LogP contribution in [0.2, 0.25) is 10.0 Å². The molecule has 2 amide bonds. The maximum atomic E-state index is 14.1. The average Bonchev–Trinajstić information content (AvgIpc) is 2.91. The average molecular weight is 607 g/mol. The maximum Gasteiger partial charge on any atom is 0.244 e. The number of carbonyl (C=O) groups is 2. The van der Waals surface area contributed by atoms with Gasteiger partial charge in [0, 0.05) is 35.1 Å². The van der Waals surface area contributed by atoms with E-state index in [0.717, 1.165) is 16.1 Å². The van der Waals surface area contributed by atoms with E-state index in [1.54, 1.807) is 56.3 Å². The molecule has 0 bridgehead atoms. The fourth-order valence-corrected chi connectivity index (χ4v) is 5.61. The van der Waals surface area contributed by atoms with Crippen molar-refractivity contribution in [2.45, 2.75) is 32.9 Å². The van der Waals surface area contributed by atoms with E-state index in [1.165, 1.54) is 4.90 Å². The first kappa shape index (κ1) is 31.3. The second-order valence-electron chi connectivity index (χ2n) is 8.99. The van der Waals surface area contributed by atoms with E-state index in [-0.39, 0.29) is 24.6 Å². The van der Waals surface area contributed by atoms with Gasteiger partial charge < -0.3 is 15.0 Å². The minimum Gasteiger partial charge on any atom is -0.492 e. The molecule has 1 N–H and O–H groups in total. The molecule has 8 nitrogen and oxygen atoms in total. The third kappa shape index (κ3) is 8.13. The number of carbonyl (C=O) groups excluding carboxylic acids is 2. The number of nitrogens with one attached hydrogen (secondary N) is 1. The number of halogens is 2. The van der Waals surface area contributed by atoms with Crippen molar-refractivity contribution >= 4 is 50.7 Å². The number of amides is 2. The Balaban J connectivity index is 2.11. The number of rotatable bonds is 13. The van der Waals surface area contributed by atoms with E-state index in [4.69, 9.17) is 27.9 Å². The number of sulfonamides is 1. The molecule has 3 rings (SSSR count). The number of hydrogen-bond acceptors (Lipinski definition) is 5. The lowest BCUT2D eigenvalue weighted by molar-refractivity contribution is -0.140. The smallest absolute Gasteiger partial charge is 0.244 e. The summed E-state index contributed by atoms with van der Waals surface area (Å²) in [6.07, 6.45) is 1.21. The van der Waals surface area contributed by atoms with Gasteiger partial charge in [0.2, 0.25) is 21.8 Å². The maximum absolute atomic E-state index is 14.1. The summed E-state index contributed by atoms with van der Waals surface area (Å²) in [5.41, 5.74) is 1.49. The zero-order valence-electron chi connectivity index (χ0n) is 22.6. The Morgan fingerprint density at radius 2 is 1.55 bits per heavy atom. The van der Waals surface area contributed by atoms with Crippen LogP contribution in [0.1, 0.15) is 25.0 Å². The monoisotopic (exact) mass is 605 g/mol. The van der Waals surface area contributed by atoms with Gasteiger partial charge in [-0.05, 0) is 43.7 Å². The van der Waals surface area contributed by atoms with Crippen LogP contribution < -0.4 is 14.4 Å². The van der Waals surface area contributed by atoms with E-state index in [2.05, 4.69) is 5.32 Å². The van der Waals surface area contributed by atoms with Crippen molar-refractivity contribution in [2.75, 3.05) is 30.3 Å². The first-order valence-corrected chi connectivity index (χ1v) is 15.4. The quantitative estimate of drug-likeness (QED) is 0.298. The highest BCUT2D eigenvalue weighted by atomic mass is 35.5. The topological polar surface area (TPSA) is 96.0 Å². The SMILES string of the molecule is CCNC(=O)C(Cc1ccccc1)N(Cc1c(Cl)cccc1Cl)C(=O)CN(c1ccccc1OCC)S(C)(=O)=O. The predicted molar refractivity (Wildman–Crippen MR) is 159 cm³/mol. The molecule has 0 aliphatic heterocycles. The summed E-state index contributed by atoms with van der Waals surface area (Å²) in [5.74, 6) is -0.683. The normalized spacial score (nSPS) is 11.9. The van der Waals surface area contributed by atoms with Crippen LogP contribution in [0, 0.1) is 0 Å². The number of anilines is 1. The van der Waals surface area contributed by atoms with Crippen molar-refractivity contribution in [1.82, 2.24) is 10.2 Å². The Morgan fingerprint density at radius 3 is 2.15 bits per heavy atom. The molecule has 0 radical (unpaired) electrons. The lowest BCUT2D eigenvalue weighted by Crippen LogP contribution is -2.53. The Morgan fingerprint density at radius 1 is 0.925 bits per heavy atom. The van der Waals surface area contributed by atoms with Crippen LogP contribution in [0.15, 0.2) is 72.8 Å². The molecule has 0 saturated carbocycles. The summed E-state index contributed by atoms with van der Waals surface area (Å²) in [6.45, 7) is 3.52. The van der Waals surface area contributed by atoms with Crippen LogP contribution in [-0.4, -0.2) is 57.1 Å². The molecule has 40 heavy (non-hydrogen) atoms. The number of hydrogen-bond donors (Lipinski definition) is 1. The molecule has 3 aromatic carbocycles. The van der Waals surface area contributed by atoms with Crippen molar-refractivity contribution in [1.29, 1.82) is 0 Å². The Bertz CT molecular complexity index is 1400. The van der Waals surface area contributed by atoms with Gasteiger partial charge in [0.15, 0.2) is 0 Å². The summed E-state index contributed by atoms with van der Waals surface area (Å²) in [5, 5.41) is 3.45. The van der Waals surface area contributed by atoms with E-state index in [0.29, 0.717) is 34.5 Å². The van der Waals surface area contributed by atoms with E-state index < -0.39 is 28.5 Å². The molecule has 0 aliphatic carbocycles. The number of nitrogens with zero attached hydrogens (tertiary/aromatic N) is 2. The van der Waals surface area contributed by atoms with Crippen LogP contribution in [0.25, 0.3) is 0 Å². The molecule has 0 saturated heterocycles. The molecular formula is C29H33Cl2N3O5S. The van der Waals surface area contributed by atoms with Gasteiger partial charge in [0.05, 0.1) is 18.6 Å². The van der Waals surface area contributed by atoms with Crippen LogP contribution in [0.4, 0.5) is 5.69 Å². The lowest BCUT2D eigenvalue weighted by Gasteiger charge is -2.34. The highest BCUT2D eigenvalue weighted by Gasteiger charge is 2.34. The Hall–Kier alpha value is -3.27. The second-order valence-corrected chi connectivity index (χ2v) is 11.7. The van der Waals surface area contributed by atoms with Gasteiger partial charge in [0.25, 0.3) is 0 Å². The van der Waals surface area contributed by atoms with Crippen molar-refractivity contribution in [3.05, 3.63) is 94.0 Å². The van der Waals surface area contributed by atoms with Crippen molar-refractivity contribution in [3.8, 4) is 5.75 Å². The molecule has 1 atom stereocenters. The first-order chi connectivity index (χ1) is 19.1. The van der Waals surface area contributed by atoms with Gasteiger partial charge in [0.1, 0.15) is 18.3 Å². The summed E-state index contributed by atoms with van der Waals surface area (Å²) < 4.78 is 32.6. The molecule has 0 aliphatic rings. The largest absolute Gasteiger partial charge is 0.492 e. The highest BCUT2D eigenvalue weighted by Crippen LogP contribution is 2.31. The molecule has 0 aromatic heterocycles. The molecule has 3 aromatic rings. The number of para-hydroxylation sites is 2. The van der Waals surface area contributed by atoms with Crippen LogP contribution in [-0.2, 0) is 32.6 Å². The first-order valence-electron chi connectivity index (χ1n) is 12.8. The summed E-state index contributed by atoms with van der Waals surface area (Å²) in [4.78, 5) is 28.9. The molecule has 1 unspecified atom stereocenters. The van der Waals surface area contributed by atoms with Gasteiger partial charge in [-0.2, -0.15) is 0 Å². The molecule has 0 spiro atoms. The fourth-order valence-electron chi connectivity index (χ4n) is 4.24. The van der Waals surface area contributed by atoms with E-state index in [9.17, 15) is 18.0 Å². The standard InChI is InChI=1S/C29H33Cl2N3O5S/c1-4-32-29(36)26(18-21-12-7-6-8-13-21)33(19-22-23(30)14-11-15-24(22)31)28(35)20-34(40(3,37)38)25-16-9-10-17-27(25)39-5-2/h6-17,26H,4-5,18-20H2,1-3H3,(H,32,36). The van der Waals surface area contributed by atoms with Gasteiger partial charge in [-0.1, -0.05) is 71.7 Å². The molecule has 11 heteroatoms. The summed E-state index contributed by atoms with van der Waals surface area (Å²) in [6, 6.07) is 19.8. The molecule has 214 valence electrons. The van der Waals surface area contributed by atoms with E-state index in [1.807, 2.05) is 30.3 Å². The van der Waals surface area contributed by atoms with Crippen LogP contribution in [0.3, 0.4) is 0 Å². The third-order valence-corrected chi connectivity index (χ3v) is 7.96. The fraction of sp³-hybridized carbons (Fsp3) is 0.310. The molecular weight excluding hydrogens is 573 g/mol. The van der Waals surface area contributed by atoms with Crippen molar-refractivity contribution in [3.63, 3.8) is 0 Å². The van der Waals surface area contributed by atoms with Gasteiger partial charge in [-0.3, -0.25) is 13.9 Å². The summed E-state index contributed by atoms with van der Waals surface area (Å²) >= 11 is 12.9. The lowest BCUT2D eigenvalue weighted by atomic mass is 10.0. The summed E-state index contributed by atoms with van der Waals surface area (Å²) in [7, 11) is -3.94. The zero-order chi connectivity index (χ0) is 29.3. The van der Waals surface area contributed by atoms with Crippen molar-refractivity contribution in [2.24, 2.45) is 0 Å². The number of likely N-dealkylation sites (N-methyl/N-ethyl adjacent to an activating group) is 1. The van der Waals surface area contributed by atoms with Crippen molar-refractivity contribution < 1.29 is 22.7 Å². The van der Waals surface area contributed by atoms with E-state index >= 15 is 0 Å². The Labute approximate surface area is 245 Å². The van der Waals surface area contributed by atoms with Gasteiger partial charge >= 0.3 is 0 Å². The minimum absolute atomic E-state index is 0.114. The molecule has 0 fully saturated rings. The van der Waals surface area contributed by atoms with Gasteiger partial charge in [-0.25, -0.2) is 8.42 Å². The minimum atomic E-state index is -3.94. The zero-order valence-corrected chi connectivity index (χ0v) is 25.0.